The van der Waals surface area contributed by atoms with Crippen molar-refractivity contribution in [2.75, 3.05) is 18.5 Å². The molecule has 0 aromatic carbocycles. The summed E-state index contributed by atoms with van der Waals surface area (Å²) in [6.45, 7) is 4.87. The van der Waals surface area contributed by atoms with Crippen molar-refractivity contribution < 1.29 is 5.11 Å². The van der Waals surface area contributed by atoms with Gasteiger partial charge in [-0.2, -0.15) is 0 Å². The van der Waals surface area contributed by atoms with Crippen LogP contribution in [0.3, 0.4) is 0 Å². The van der Waals surface area contributed by atoms with Crippen molar-refractivity contribution in [3.63, 3.8) is 0 Å². The van der Waals surface area contributed by atoms with Crippen LogP contribution in [0.15, 0.2) is 6.07 Å². The molecule has 0 amide bonds. The average molecular weight is 227 g/mol. The highest BCUT2D eigenvalue weighted by Gasteiger charge is 2.01. The molecule has 0 atom stereocenters. The third-order valence-corrected chi connectivity index (χ3v) is 2.03. The third-order valence-electron chi connectivity index (χ3n) is 1.82. The van der Waals surface area contributed by atoms with Crippen molar-refractivity contribution in [3.05, 3.63) is 16.5 Å². The third kappa shape index (κ3) is 4.40. The van der Waals surface area contributed by atoms with Gasteiger partial charge in [0.1, 0.15) is 16.3 Å². The first-order chi connectivity index (χ1) is 7.11. The SMILES string of the molecule is CC(C)Cc1nc(=S)cc(NCCO)[nH]1. The topological polar surface area (TPSA) is 60.9 Å². The van der Waals surface area contributed by atoms with E-state index in [1.54, 1.807) is 6.07 Å². The van der Waals surface area contributed by atoms with E-state index in [2.05, 4.69) is 29.1 Å². The molecular formula is C10H17N3OS. The minimum Gasteiger partial charge on any atom is -0.395 e. The molecule has 1 aromatic heterocycles. The van der Waals surface area contributed by atoms with Gasteiger partial charge < -0.3 is 15.4 Å². The molecule has 0 radical (unpaired) electrons. The number of rotatable bonds is 5. The standard InChI is InChI=1S/C10H17N3OS/c1-7(2)5-9-12-8(11-3-4-14)6-10(15)13-9/h6-7,14H,3-5H2,1-2H3,(H2,11,12,13,15). The highest BCUT2D eigenvalue weighted by molar-refractivity contribution is 7.71. The molecule has 0 aliphatic rings. The Morgan fingerprint density at radius 1 is 1.60 bits per heavy atom. The van der Waals surface area contributed by atoms with Gasteiger partial charge in [-0.1, -0.05) is 26.1 Å². The Bertz CT molecular complexity index is 362. The van der Waals surface area contributed by atoms with E-state index in [0.29, 0.717) is 17.1 Å². The highest BCUT2D eigenvalue weighted by atomic mass is 32.1. The zero-order valence-corrected chi connectivity index (χ0v) is 9.90. The molecule has 3 N–H and O–H groups in total. The molecule has 0 aliphatic carbocycles. The van der Waals surface area contributed by atoms with Gasteiger partial charge in [0.25, 0.3) is 0 Å². The highest BCUT2D eigenvalue weighted by Crippen LogP contribution is 2.07. The maximum absolute atomic E-state index is 8.69. The number of nitrogens with one attached hydrogen (secondary N) is 2. The summed E-state index contributed by atoms with van der Waals surface area (Å²) in [5.74, 6) is 2.24. The summed E-state index contributed by atoms with van der Waals surface area (Å²) in [7, 11) is 0. The fourth-order valence-corrected chi connectivity index (χ4v) is 1.51. The molecule has 1 aromatic rings. The van der Waals surface area contributed by atoms with Crippen molar-refractivity contribution in [2.24, 2.45) is 5.92 Å². The van der Waals surface area contributed by atoms with E-state index in [1.165, 1.54) is 0 Å². The van der Waals surface area contributed by atoms with Gasteiger partial charge in [-0.25, -0.2) is 4.98 Å². The Labute approximate surface area is 94.8 Å². The summed E-state index contributed by atoms with van der Waals surface area (Å²) < 4.78 is 0.574. The lowest BCUT2D eigenvalue weighted by Crippen LogP contribution is -2.09. The zero-order chi connectivity index (χ0) is 11.3. The van der Waals surface area contributed by atoms with Crippen LogP contribution in [0.4, 0.5) is 5.82 Å². The number of aliphatic hydroxyl groups excluding tert-OH is 1. The Morgan fingerprint density at radius 2 is 2.33 bits per heavy atom. The van der Waals surface area contributed by atoms with Crippen LogP contribution in [0.2, 0.25) is 0 Å². The lowest BCUT2D eigenvalue weighted by atomic mass is 10.1. The largest absolute Gasteiger partial charge is 0.395 e. The molecule has 0 aliphatic heterocycles. The Balaban J connectivity index is 2.80. The number of aromatic nitrogens is 2. The minimum absolute atomic E-state index is 0.0996. The van der Waals surface area contributed by atoms with Gasteiger partial charge in [0.05, 0.1) is 6.61 Å². The Kier molecular flexibility index (Phi) is 4.71. The van der Waals surface area contributed by atoms with Crippen LogP contribution >= 0.6 is 12.2 Å². The van der Waals surface area contributed by atoms with E-state index in [-0.39, 0.29) is 6.61 Å². The first kappa shape index (κ1) is 12.1. The van der Waals surface area contributed by atoms with Gasteiger partial charge in [-0.05, 0) is 5.92 Å². The fourth-order valence-electron chi connectivity index (χ4n) is 1.28. The molecule has 1 heterocycles. The van der Waals surface area contributed by atoms with Gasteiger partial charge in [0.15, 0.2) is 0 Å². The van der Waals surface area contributed by atoms with Crippen LogP contribution < -0.4 is 5.32 Å². The summed E-state index contributed by atoms with van der Waals surface area (Å²) in [6.07, 6.45) is 0.873. The second-order valence-corrected chi connectivity index (χ2v) is 4.25. The number of anilines is 1. The van der Waals surface area contributed by atoms with Gasteiger partial charge in [0, 0.05) is 19.0 Å². The normalized spacial score (nSPS) is 10.7. The average Bonchev–Trinajstić information content (AvgIpc) is 2.12. The van der Waals surface area contributed by atoms with E-state index >= 15 is 0 Å². The number of aromatic amines is 1. The Morgan fingerprint density at radius 3 is 2.93 bits per heavy atom. The molecule has 0 unspecified atom stereocenters. The number of H-pyrrole nitrogens is 1. The maximum atomic E-state index is 8.69. The van der Waals surface area contributed by atoms with Crippen LogP contribution in [0, 0.1) is 10.6 Å². The van der Waals surface area contributed by atoms with E-state index < -0.39 is 0 Å². The molecule has 1 rings (SSSR count). The van der Waals surface area contributed by atoms with Crippen molar-refractivity contribution in [1.82, 2.24) is 9.97 Å². The fraction of sp³-hybridized carbons (Fsp3) is 0.600. The summed E-state index contributed by atoms with van der Waals surface area (Å²) in [4.78, 5) is 7.39. The monoisotopic (exact) mass is 227 g/mol. The van der Waals surface area contributed by atoms with Crippen molar-refractivity contribution in [1.29, 1.82) is 0 Å². The maximum Gasteiger partial charge on any atom is 0.131 e. The lowest BCUT2D eigenvalue weighted by Gasteiger charge is -2.08. The van der Waals surface area contributed by atoms with Crippen LogP contribution in [0.5, 0.6) is 0 Å². The van der Waals surface area contributed by atoms with Crippen molar-refractivity contribution in [2.45, 2.75) is 20.3 Å². The van der Waals surface area contributed by atoms with Crippen LogP contribution in [0.1, 0.15) is 19.7 Å². The first-order valence-corrected chi connectivity index (χ1v) is 5.47. The van der Waals surface area contributed by atoms with E-state index in [4.69, 9.17) is 17.3 Å². The lowest BCUT2D eigenvalue weighted by molar-refractivity contribution is 0.311. The number of aliphatic hydroxyl groups is 1. The molecule has 0 spiro atoms. The molecule has 0 saturated carbocycles. The quantitative estimate of drug-likeness (QED) is 0.671. The predicted molar refractivity (Wildman–Crippen MR) is 63.5 cm³/mol. The van der Waals surface area contributed by atoms with Gasteiger partial charge in [0.2, 0.25) is 0 Å². The second kappa shape index (κ2) is 5.82. The summed E-state index contributed by atoms with van der Waals surface area (Å²) in [5, 5.41) is 11.7. The second-order valence-electron chi connectivity index (χ2n) is 3.83. The molecule has 15 heavy (non-hydrogen) atoms. The minimum atomic E-state index is 0.0996. The smallest absolute Gasteiger partial charge is 0.131 e. The molecule has 84 valence electrons. The predicted octanol–water partition coefficient (Wildman–Crippen LogP) is 1.74. The van der Waals surface area contributed by atoms with Crippen molar-refractivity contribution >= 4 is 18.0 Å². The molecular weight excluding hydrogens is 210 g/mol. The summed E-state index contributed by atoms with van der Waals surface area (Å²) >= 11 is 5.06. The van der Waals surface area contributed by atoms with Crippen molar-refractivity contribution in [3.8, 4) is 0 Å². The van der Waals surface area contributed by atoms with E-state index in [1.807, 2.05) is 0 Å². The molecule has 0 bridgehead atoms. The summed E-state index contributed by atoms with van der Waals surface area (Å²) in [6, 6.07) is 1.76. The van der Waals surface area contributed by atoms with Gasteiger partial charge in [-0.15, -0.1) is 0 Å². The first-order valence-electron chi connectivity index (χ1n) is 5.06. The molecule has 0 fully saturated rings. The molecule has 5 heteroatoms. The number of hydrogen-bond donors (Lipinski definition) is 3. The molecule has 0 saturated heterocycles. The zero-order valence-electron chi connectivity index (χ0n) is 9.08. The number of nitrogens with zero attached hydrogens (tertiary/aromatic N) is 1. The Hall–Kier alpha value is -0.940. The van der Waals surface area contributed by atoms with Crippen LogP contribution in [-0.2, 0) is 6.42 Å². The number of hydrogen-bond acceptors (Lipinski definition) is 4. The van der Waals surface area contributed by atoms with E-state index in [9.17, 15) is 0 Å². The van der Waals surface area contributed by atoms with Crippen LogP contribution in [-0.4, -0.2) is 28.2 Å². The van der Waals surface area contributed by atoms with Gasteiger partial charge >= 0.3 is 0 Å². The van der Waals surface area contributed by atoms with Crippen LogP contribution in [0.25, 0.3) is 0 Å². The van der Waals surface area contributed by atoms with Gasteiger partial charge in [-0.3, -0.25) is 0 Å². The van der Waals surface area contributed by atoms with E-state index in [0.717, 1.165) is 18.1 Å². The molecule has 4 nitrogen and oxygen atoms in total. The summed E-state index contributed by atoms with van der Waals surface area (Å²) in [5.41, 5.74) is 0.